The summed E-state index contributed by atoms with van der Waals surface area (Å²) in [6, 6.07) is 0. The zero-order valence-corrected chi connectivity index (χ0v) is 64.8. The van der Waals surface area contributed by atoms with E-state index in [-0.39, 0.29) is 25.2 Å². The topological polar surface area (TPSA) is 402 Å². The van der Waals surface area contributed by atoms with Crippen LogP contribution in [-0.2, 0) is 128 Å². The lowest BCUT2D eigenvalue weighted by molar-refractivity contribution is -0.166. The van der Waals surface area contributed by atoms with Gasteiger partial charge in [0.2, 0.25) is 5.91 Å². The fourth-order valence-electron chi connectivity index (χ4n) is 9.62. The largest absolute Gasteiger partial charge is 0.481 e. The summed E-state index contributed by atoms with van der Waals surface area (Å²) in [4.78, 5) is 49.7. The van der Waals surface area contributed by atoms with E-state index in [9.17, 15) is 29.4 Å². The van der Waals surface area contributed by atoms with Crippen molar-refractivity contribution in [3.63, 3.8) is 0 Å². The standard InChI is InChI=1S/C73H140N4O30/c74-77-76-22-24-86-26-28-88-30-32-90-34-36-92-38-40-94-42-44-96-46-48-98-50-52-100-54-56-102-58-60-104-62-64-106-66-68-107-67-65-105-63-61-103-59-57-101-55-53-99-51-49-97-47-45-95-43-41-93-39-37-91-35-33-89-31-29-87-27-25-85-23-21-75-69(78)17-13-9-5-1-3-7-11-15-19-73(71(81)82,72(83)84)20-16-12-8-4-2-6-10-14-18-70(79)80/h1-68H2,(H,75,78)(H,79,80)(H,81,82)(H,83,84). The highest BCUT2D eigenvalue weighted by Crippen LogP contribution is 2.33. The van der Waals surface area contributed by atoms with Gasteiger partial charge in [-0.15, -0.1) is 0 Å². The average Bonchev–Trinajstić information content (AvgIpc) is 0.829. The number of carboxylic acid groups (broad SMARTS) is 3. The number of nitrogens with one attached hydrogen (secondary N) is 1. The molecule has 0 radical (unpaired) electrons. The van der Waals surface area contributed by atoms with Crippen LogP contribution in [0.3, 0.4) is 0 Å². The fraction of sp³-hybridized carbons (Fsp3) is 0.945. The van der Waals surface area contributed by atoms with Crippen molar-refractivity contribution in [3.05, 3.63) is 10.4 Å². The molecule has 0 fully saturated rings. The van der Waals surface area contributed by atoms with E-state index in [1.165, 1.54) is 0 Å². The highest BCUT2D eigenvalue weighted by atomic mass is 16.6. The van der Waals surface area contributed by atoms with Crippen LogP contribution < -0.4 is 5.32 Å². The lowest BCUT2D eigenvalue weighted by Gasteiger charge is -2.25. The summed E-state index contributed by atoms with van der Waals surface area (Å²) in [6.45, 7) is 22.0. The van der Waals surface area contributed by atoms with E-state index in [1.54, 1.807) is 0 Å². The van der Waals surface area contributed by atoms with Crippen LogP contribution in [0.1, 0.15) is 128 Å². The maximum atomic E-state index is 12.2. The van der Waals surface area contributed by atoms with Crippen LogP contribution in [0, 0.1) is 5.41 Å². The number of carbonyl (C=O) groups excluding carboxylic acids is 1. The number of amides is 1. The van der Waals surface area contributed by atoms with Crippen molar-refractivity contribution in [1.29, 1.82) is 0 Å². The Morgan fingerprint density at radius 2 is 0.430 bits per heavy atom. The number of hydrogen-bond donors (Lipinski definition) is 4. The molecule has 0 aromatic carbocycles. The third-order valence-electron chi connectivity index (χ3n) is 15.5. The lowest BCUT2D eigenvalue weighted by Crippen LogP contribution is -2.39. The molecule has 1 amide bonds. The van der Waals surface area contributed by atoms with Crippen LogP contribution in [0.5, 0.6) is 0 Å². The quantitative estimate of drug-likeness (QED) is 0.0159. The zero-order valence-electron chi connectivity index (χ0n) is 64.8. The van der Waals surface area contributed by atoms with Crippen molar-refractivity contribution in [1.82, 2.24) is 5.32 Å². The summed E-state index contributed by atoms with van der Waals surface area (Å²) >= 11 is 0. The van der Waals surface area contributed by atoms with Crippen LogP contribution in [0.4, 0.5) is 0 Å². The highest BCUT2D eigenvalue weighted by molar-refractivity contribution is 5.98. The Morgan fingerprint density at radius 3 is 0.626 bits per heavy atom. The molecule has 0 aromatic heterocycles. The SMILES string of the molecule is [N-]=[N+]=NCCOCCOCCOCCOCCOCCOCCOCCOCCOCCOCCOCCOCCOCCOCCOCCOCCOCCOCCOCCOCCOCCOCCOCCNC(=O)CCCCCCCCCCC(CCCCCCCCCCC(=O)O)(C(=O)O)C(=O)O. The average molecular weight is 1550 g/mol. The van der Waals surface area contributed by atoms with Crippen molar-refractivity contribution in [3.8, 4) is 0 Å². The molecule has 0 spiro atoms. The van der Waals surface area contributed by atoms with Crippen molar-refractivity contribution in [2.24, 2.45) is 10.5 Å². The first-order valence-corrected chi connectivity index (χ1v) is 39.0. The molecule has 34 heteroatoms. The van der Waals surface area contributed by atoms with Gasteiger partial charge in [0.1, 0.15) is 0 Å². The van der Waals surface area contributed by atoms with Crippen molar-refractivity contribution in [2.45, 2.75) is 128 Å². The molecule has 0 aliphatic heterocycles. The van der Waals surface area contributed by atoms with E-state index < -0.39 is 23.3 Å². The summed E-state index contributed by atoms with van der Waals surface area (Å²) in [7, 11) is 0. The Labute approximate surface area is 636 Å². The number of carbonyl (C=O) groups is 4. The smallest absolute Gasteiger partial charge is 0.321 e. The maximum Gasteiger partial charge on any atom is 0.321 e. The van der Waals surface area contributed by atoms with Crippen LogP contribution >= 0.6 is 0 Å². The van der Waals surface area contributed by atoms with Crippen molar-refractivity contribution in [2.75, 3.05) is 317 Å². The molecule has 0 rings (SSSR count). The normalized spacial score (nSPS) is 11.7. The molecule has 0 atom stereocenters. The van der Waals surface area contributed by atoms with E-state index in [2.05, 4.69) is 15.3 Å². The second-order valence-corrected chi connectivity index (χ2v) is 24.1. The lowest BCUT2D eigenvalue weighted by atomic mass is 9.78. The Hall–Kier alpha value is -3.73. The van der Waals surface area contributed by atoms with Crippen LogP contribution in [-0.4, -0.2) is 356 Å². The fourth-order valence-corrected chi connectivity index (χ4v) is 9.62. The molecule has 0 bridgehead atoms. The van der Waals surface area contributed by atoms with Gasteiger partial charge in [0.25, 0.3) is 0 Å². The number of hydrogen-bond acceptors (Lipinski definition) is 28. The molecular weight excluding hydrogens is 1410 g/mol. The molecule has 0 unspecified atom stereocenters. The van der Waals surface area contributed by atoms with E-state index in [4.69, 9.17) is 120 Å². The number of carboxylic acids is 3. The number of nitrogens with zero attached hydrogens (tertiary/aromatic N) is 3. The first-order valence-electron chi connectivity index (χ1n) is 39.0. The highest BCUT2D eigenvalue weighted by Gasteiger charge is 2.45. The minimum atomic E-state index is -1.73. The Kier molecular flexibility index (Phi) is 86.4. The molecule has 34 nitrogen and oxygen atoms in total. The van der Waals surface area contributed by atoms with Gasteiger partial charge in [-0.05, 0) is 31.2 Å². The summed E-state index contributed by atoms with van der Waals surface area (Å²) in [6.07, 6.45) is 14.7. The number of azide groups is 1. The van der Waals surface area contributed by atoms with E-state index in [0.717, 1.165) is 83.5 Å². The van der Waals surface area contributed by atoms with E-state index >= 15 is 0 Å². The molecule has 0 heterocycles. The van der Waals surface area contributed by atoms with Gasteiger partial charge in [-0.1, -0.05) is 95.0 Å². The van der Waals surface area contributed by atoms with Gasteiger partial charge < -0.3 is 130 Å². The van der Waals surface area contributed by atoms with Gasteiger partial charge in [0.05, 0.1) is 304 Å². The predicted octanol–water partition coefficient (Wildman–Crippen LogP) is 6.84. The van der Waals surface area contributed by atoms with Gasteiger partial charge in [-0.3, -0.25) is 19.2 Å². The summed E-state index contributed by atoms with van der Waals surface area (Å²) in [5, 5.41) is 34.7. The van der Waals surface area contributed by atoms with Crippen molar-refractivity contribution < 1.29 is 143 Å². The number of ether oxygens (including phenoxy) is 23. The molecule has 0 aromatic rings. The Balaban J connectivity index is 3.25. The first-order chi connectivity index (χ1) is 52.8. The van der Waals surface area contributed by atoms with Gasteiger partial charge in [0, 0.05) is 30.8 Å². The maximum absolute atomic E-state index is 12.2. The third kappa shape index (κ3) is 83.0. The number of aliphatic carboxylic acids is 3. The minimum Gasteiger partial charge on any atom is -0.481 e. The minimum absolute atomic E-state index is 0.00205. The predicted molar refractivity (Wildman–Crippen MR) is 394 cm³/mol. The van der Waals surface area contributed by atoms with Crippen molar-refractivity contribution >= 4 is 23.8 Å². The molecule has 0 saturated heterocycles. The van der Waals surface area contributed by atoms with E-state index in [0.29, 0.717) is 343 Å². The monoisotopic (exact) mass is 1550 g/mol. The summed E-state index contributed by atoms with van der Waals surface area (Å²) in [5.74, 6) is -3.27. The number of rotatable bonds is 96. The Bertz CT molecular complexity index is 1900. The Morgan fingerprint density at radius 1 is 0.252 bits per heavy atom. The molecule has 107 heavy (non-hydrogen) atoms. The van der Waals surface area contributed by atoms with Gasteiger partial charge in [-0.25, -0.2) is 0 Å². The van der Waals surface area contributed by atoms with Gasteiger partial charge >= 0.3 is 17.9 Å². The molecule has 632 valence electrons. The molecule has 0 aliphatic carbocycles. The summed E-state index contributed by atoms with van der Waals surface area (Å²) in [5.41, 5.74) is 6.45. The second kappa shape index (κ2) is 89.5. The van der Waals surface area contributed by atoms with E-state index in [1.807, 2.05) is 0 Å². The molecule has 0 saturated carbocycles. The zero-order chi connectivity index (χ0) is 77.3. The molecule has 4 N–H and O–H groups in total. The molecule has 0 aliphatic rings. The van der Waals surface area contributed by atoms with Gasteiger partial charge in [-0.2, -0.15) is 0 Å². The number of unbranched alkanes of at least 4 members (excludes halogenated alkanes) is 14. The summed E-state index contributed by atoms with van der Waals surface area (Å²) < 4.78 is 127. The van der Waals surface area contributed by atoms with Crippen LogP contribution in [0.25, 0.3) is 10.4 Å². The molecular formula is C73H140N4O30. The van der Waals surface area contributed by atoms with Crippen LogP contribution in [0.15, 0.2) is 5.11 Å². The third-order valence-corrected chi connectivity index (χ3v) is 15.5. The van der Waals surface area contributed by atoms with Crippen LogP contribution in [0.2, 0.25) is 0 Å². The first kappa shape index (κ1) is 103. The van der Waals surface area contributed by atoms with Gasteiger partial charge in [0.15, 0.2) is 5.41 Å². The second-order valence-electron chi connectivity index (χ2n) is 24.1.